The molecule has 0 bridgehead atoms. The van der Waals surface area contributed by atoms with Crippen molar-refractivity contribution < 1.29 is 8.78 Å². The maximum Gasteiger partial charge on any atom is 0.297 e. The SMILES string of the molecule is CC(Nc1nc(C(F)F)nc2ccccc12)c1ccc(Br)cc1. The van der Waals surface area contributed by atoms with E-state index in [9.17, 15) is 8.78 Å². The van der Waals surface area contributed by atoms with Gasteiger partial charge >= 0.3 is 0 Å². The molecule has 23 heavy (non-hydrogen) atoms. The Hall–Kier alpha value is -2.08. The average molecular weight is 378 g/mol. The van der Waals surface area contributed by atoms with Gasteiger partial charge in [0, 0.05) is 15.9 Å². The van der Waals surface area contributed by atoms with E-state index >= 15 is 0 Å². The molecule has 0 aliphatic heterocycles. The summed E-state index contributed by atoms with van der Waals surface area (Å²) in [4.78, 5) is 7.92. The van der Waals surface area contributed by atoms with Gasteiger partial charge in [-0.3, -0.25) is 0 Å². The number of hydrogen-bond acceptors (Lipinski definition) is 3. The zero-order valence-corrected chi connectivity index (χ0v) is 13.9. The number of fused-ring (bicyclic) bond motifs is 1. The van der Waals surface area contributed by atoms with Gasteiger partial charge < -0.3 is 5.32 Å². The topological polar surface area (TPSA) is 37.8 Å². The number of nitrogens with one attached hydrogen (secondary N) is 1. The number of nitrogens with zero attached hydrogens (tertiary/aromatic N) is 2. The van der Waals surface area contributed by atoms with Crippen molar-refractivity contribution in [1.29, 1.82) is 0 Å². The molecule has 3 rings (SSSR count). The second-order valence-corrected chi connectivity index (χ2v) is 6.08. The number of halogens is 3. The molecule has 0 spiro atoms. The third kappa shape index (κ3) is 3.47. The van der Waals surface area contributed by atoms with E-state index in [0.717, 1.165) is 15.4 Å². The van der Waals surface area contributed by atoms with Crippen molar-refractivity contribution in [2.24, 2.45) is 0 Å². The van der Waals surface area contributed by atoms with Crippen molar-refractivity contribution in [3.05, 3.63) is 64.4 Å². The van der Waals surface area contributed by atoms with Crippen LogP contribution in [-0.4, -0.2) is 9.97 Å². The van der Waals surface area contributed by atoms with Crippen molar-refractivity contribution >= 4 is 32.7 Å². The lowest BCUT2D eigenvalue weighted by Crippen LogP contribution is -2.10. The van der Waals surface area contributed by atoms with Gasteiger partial charge in [0.15, 0.2) is 5.82 Å². The van der Waals surface area contributed by atoms with Crippen molar-refractivity contribution in [3.8, 4) is 0 Å². The highest BCUT2D eigenvalue weighted by molar-refractivity contribution is 9.10. The molecule has 1 aromatic heterocycles. The van der Waals surface area contributed by atoms with E-state index in [4.69, 9.17) is 0 Å². The molecule has 1 heterocycles. The lowest BCUT2D eigenvalue weighted by atomic mass is 10.1. The maximum absolute atomic E-state index is 13.0. The minimum absolute atomic E-state index is 0.0769. The first-order chi connectivity index (χ1) is 11.0. The molecule has 0 radical (unpaired) electrons. The highest BCUT2D eigenvalue weighted by Crippen LogP contribution is 2.27. The van der Waals surface area contributed by atoms with Gasteiger partial charge in [-0.25, -0.2) is 18.7 Å². The number of alkyl halides is 2. The zero-order chi connectivity index (χ0) is 16.4. The quantitative estimate of drug-likeness (QED) is 0.651. The molecule has 0 saturated carbocycles. The van der Waals surface area contributed by atoms with Crippen LogP contribution in [0.2, 0.25) is 0 Å². The lowest BCUT2D eigenvalue weighted by Gasteiger charge is -2.17. The van der Waals surface area contributed by atoms with E-state index in [-0.39, 0.29) is 6.04 Å². The summed E-state index contributed by atoms with van der Waals surface area (Å²) in [5.74, 6) is -0.0458. The number of para-hydroxylation sites is 1. The van der Waals surface area contributed by atoms with Crippen molar-refractivity contribution in [1.82, 2.24) is 9.97 Å². The molecule has 0 fully saturated rings. The van der Waals surface area contributed by atoms with Crippen LogP contribution in [0.4, 0.5) is 14.6 Å². The summed E-state index contributed by atoms with van der Waals surface area (Å²) in [6, 6.07) is 14.9. The van der Waals surface area contributed by atoms with E-state index in [1.54, 1.807) is 12.1 Å². The van der Waals surface area contributed by atoms with E-state index < -0.39 is 12.2 Å². The van der Waals surface area contributed by atoms with Gasteiger partial charge in [0.1, 0.15) is 5.82 Å². The highest BCUT2D eigenvalue weighted by Gasteiger charge is 2.16. The minimum atomic E-state index is -2.71. The van der Waals surface area contributed by atoms with E-state index in [2.05, 4.69) is 31.2 Å². The summed E-state index contributed by atoms with van der Waals surface area (Å²) >= 11 is 3.40. The third-order valence-corrected chi connectivity index (χ3v) is 4.07. The van der Waals surface area contributed by atoms with Crippen LogP contribution in [-0.2, 0) is 0 Å². The molecular weight excluding hydrogens is 364 g/mol. The van der Waals surface area contributed by atoms with Gasteiger partial charge in [0.2, 0.25) is 0 Å². The monoisotopic (exact) mass is 377 g/mol. The number of hydrogen-bond donors (Lipinski definition) is 1. The van der Waals surface area contributed by atoms with Crippen LogP contribution in [0.15, 0.2) is 53.0 Å². The number of aromatic nitrogens is 2. The Morgan fingerprint density at radius 2 is 1.70 bits per heavy atom. The molecule has 3 nitrogen and oxygen atoms in total. The van der Waals surface area contributed by atoms with Crippen LogP contribution >= 0.6 is 15.9 Å². The molecule has 6 heteroatoms. The normalized spacial score (nSPS) is 12.6. The molecule has 0 aliphatic rings. The molecule has 0 aliphatic carbocycles. The van der Waals surface area contributed by atoms with Crippen LogP contribution in [0, 0.1) is 0 Å². The molecule has 0 saturated heterocycles. The Labute approximate surface area is 140 Å². The van der Waals surface area contributed by atoms with E-state index in [1.165, 1.54) is 0 Å². The first kappa shape index (κ1) is 15.8. The first-order valence-electron chi connectivity index (χ1n) is 7.11. The molecule has 118 valence electrons. The smallest absolute Gasteiger partial charge is 0.297 e. The number of benzene rings is 2. The average Bonchev–Trinajstić information content (AvgIpc) is 2.55. The van der Waals surface area contributed by atoms with Crippen LogP contribution in [0.1, 0.15) is 30.8 Å². The Kier molecular flexibility index (Phi) is 4.52. The Bertz CT molecular complexity index is 822. The van der Waals surface area contributed by atoms with Gasteiger partial charge in [-0.15, -0.1) is 0 Å². The molecule has 1 unspecified atom stereocenters. The van der Waals surface area contributed by atoms with Crippen molar-refractivity contribution in [3.63, 3.8) is 0 Å². The lowest BCUT2D eigenvalue weighted by molar-refractivity contribution is 0.141. The summed E-state index contributed by atoms with van der Waals surface area (Å²) in [5.41, 5.74) is 1.54. The third-order valence-electron chi connectivity index (χ3n) is 3.54. The zero-order valence-electron chi connectivity index (χ0n) is 12.3. The summed E-state index contributed by atoms with van der Waals surface area (Å²) in [7, 11) is 0. The molecule has 1 N–H and O–H groups in total. The summed E-state index contributed by atoms with van der Waals surface area (Å²) in [5, 5.41) is 3.94. The number of anilines is 1. The van der Waals surface area contributed by atoms with Gasteiger partial charge in [0.05, 0.1) is 5.52 Å². The highest BCUT2D eigenvalue weighted by atomic mass is 79.9. The predicted octanol–water partition coefficient (Wildman–Crippen LogP) is 5.50. The van der Waals surface area contributed by atoms with Gasteiger partial charge in [-0.05, 0) is 36.8 Å². The van der Waals surface area contributed by atoms with Crippen molar-refractivity contribution in [2.45, 2.75) is 19.4 Å². The molecule has 1 atom stereocenters. The molecule has 2 aromatic carbocycles. The first-order valence-corrected chi connectivity index (χ1v) is 7.90. The Morgan fingerprint density at radius 1 is 1.00 bits per heavy atom. The fraction of sp³-hybridized carbons (Fsp3) is 0.176. The van der Waals surface area contributed by atoms with Gasteiger partial charge in [-0.2, -0.15) is 0 Å². The summed E-state index contributed by atoms with van der Waals surface area (Å²) < 4.78 is 27.0. The Balaban J connectivity index is 1.99. The molecule has 0 amide bonds. The second-order valence-electron chi connectivity index (χ2n) is 5.17. The van der Waals surface area contributed by atoms with E-state index in [1.807, 2.05) is 43.3 Å². The van der Waals surface area contributed by atoms with E-state index in [0.29, 0.717) is 11.3 Å². The predicted molar refractivity (Wildman–Crippen MR) is 90.7 cm³/mol. The number of rotatable bonds is 4. The summed E-state index contributed by atoms with van der Waals surface area (Å²) in [6.45, 7) is 1.96. The van der Waals surface area contributed by atoms with Crippen molar-refractivity contribution in [2.75, 3.05) is 5.32 Å². The van der Waals surface area contributed by atoms with Crippen LogP contribution in [0.3, 0.4) is 0 Å². The van der Waals surface area contributed by atoms with Crippen LogP contribution in [0.25, 0.3) is 10.9 Å². The van der Waals surface area contributed by atoms with Crippen LogP contribution in [0.5, 0.6) is 0 Å². The largest absolute Gasteiger partial charge is 0.363 e. The second kappa shape index (κ2) is 6.58. The van der Waals surface area contributed by atoms with Crippen LogP contribution < -0.4 is 5.32 Å². The maximum atomic E-state index is 13.0. The fourth-order valence-corrected chi connectivity index (χ4v) is 2.61. The fourth-order valence-electron chi connectivity index (χ4n) is 2.34. The molecular formula is C17H14BrF2N3. The standard InChI is InChI=1S/C17H14BrF2N3/c1-10(11-6-8-12(18)9-7-11)21-16-13-4-2-3-5-14(13)22-17(23-16)15(19)20/h2-10,15H,1H3,(H,21,22,23). The summed E-state index contributed by atoms with van der Waals surface area (Å²) in [6.07, 6.45) is -2.71. The Morgan fingerprint density at radius 3 is 2.39 bits per heavy atom. The molecule has 3 aromatic rings. The van der Waals surface area contributed by atoms with Gasteiger partial charge in [0.25, 0.3) is 6.43 Å². The minimum Gasteiger partial charge on any atom is -0.363 e. The van der Waals surface area contributed by atoms with Gasteiger partial charge in [-0.1, -0.05) is 40.2 Å².